The van der Waals surface area contributed by atoms with Gasteiger partial charge in [-0.3, -0.25) is 4.79 Å². The first-order valence-electron chi connectivity index (χ1n) is 8.88. The SMILES string of the molecule is CC1=C(CC/C(C)=C/C(=O)O)[C@@]2(C)CCC[C@@](C)(CO)[C@@H]2CC1=O. The number of aliphatic hydroxyl groups excluding tert-OH is 1. The number of ketones is 1. The van der Waals surface area contributed by atoms with E-state index in [2.05, 4.69) is 13.8 Å². The number of hydrogen-bond donors (Lipinski definition) is 2. The number of rotatable bonds is 5. The van der Waals surface area contributed by atoms with Gasteiger partial charge in [0.25, 0.3) is 0 Å². The maximum Gasteiger partial charge on any atom is 0.328 e. The topological polar surface area (TPSA) is 74.6 Å². The van der Waals surface area contributed by atoms with E-state index in [9.17, 15) is 14.7 Å². The second-order valence-electron chi connectivity index (χ2n) is 8.20. The number of carbonyl (C=O) groups excluding carboxylic acids is 1. The molecule has 2 N–H and O–H groups in total. The summed E-state index contributed by atoms with van der Waals surface area (Å²) >= 11 is 0. The molecule has 0 aromatic rings. The lowest BCUT2D eigenvalue weighted by atomic mass is 9.49. The Bertz CT molecular complexity index is 601. The minimum Gasteiger partial charge on any atom is -0.478 e. The normalized spacial score (nSPS) is 34.3. The molecule has 0 radical (unpaired) electrons. The summed E-state index contributed by atoms with van der Waals surface area (Å²) in [5, 5.41) is 18.8. The molecule has 0 heterocycles. The summed E-state index contributed by atoms with van der Waals surface area (Å²) in [6, 6.07) is 0. The monoisotopic (exact) mass is 334 g/mol. The van der Waals surface area contributed by atoms with Crippen LogP contribution in [0.15, 0.2) is 22.8 Å². The number of carbonyl (C=O) groups is 2. The van der Waals surface area contributed by atoms with Crippen LogP contribution >= 0.6 is 0 Å². The van der Waals surface area contributed by atoms with Gasteiger partial charge in [0, 0.05) is 19.1 Å². The van der Waals surface area contributed by atoms with Gasteiger partial charge in [-0.2, -0.15) is 0 Å². The van der Waals surface area contributed by atoms with E-state index in [1.54, 1.807) is 0 Å². The fraction of sp³-hybridized carbons (Fsp3) is 0.700. The quantitative estimate of drug-likeness (QED) is 0.748. The molecular formula is C20H30O4. The lowest BCUT2D eigenvalue weighted by Gasteiger charge is -2.55. The lowest BCUT2D eigenvalue weighted by molar-refractivity contribution is -0.131. The highest BCUT2D eigenvalue weighted by Crippen LogP contribution is 2.59. The number of aliphatic carboxylic acids is 1. The largest absolute Gasteiger partial charge is 0.478 e. The van der Waals surface area contributed by atoms with Crippen molar-refractivity contribution in [1.29, 1.82) is 0 Å². The van der Waals surface area contributed by atoms with Crippen LogP contribution in [0.3, 0.4) is 0 Å². The van der Waals surface area contributed by atoms with Gasteiger partial charge in [-0.05, 0) is 61.9 Å². The van der Waals surface area contributed by atoms with E-state index in [-0.39, 0.29) is 29.1 Å². The number of carboxylic acids is 1. The van der Waals surface area contributed by atoms with Crippen molar-refractivity contribution in [3.8, 4) is 0 Å². The fourth-order valence-electron chi connectivity index (χ4n) is 5.01. The third-order valence-electron chi connectivity index (χ3n) is 6.50. The van der Waals surface area contributed by atoms with Crippen molar-refractivity contribution in [2.75, 3.05) is 6.61 Å². The summed E-state index contributed by atoms with van der Waals surface area (Å²) in [6.45, 7) is 8.21. The lowest BCUT2D eigenvalue weighted by Crippen LogP contribution is -2.50. The average Bonchev–Trinajstić information content (AvgIpc) is 2.49. The molecular weight excluding hydrogens is 304 g/mol. The predicted molar refractivity (Wildman–Crippen MR) is 93.6 cm³/mol. The molecule has 2 aliphatic carbocycles. The smallest absolute Gasteiger partial charge is 0.328 e. The van der Waals surface area contributed by atoms with Crippen molar-refractivity contribution in [3.05, 3.63) is 22.8 Å². The number of carboxylic acid groups (broad SMARTS) is 1. The average molecular weight is 334 g/mol. The van der Waals surface area contributed by atoms with Crippen LogP contribution in [0, 0.1) is 16.7 Å². The number of aliphatic hydroxyl groups is 1. The molecule has 0 spiro atoms. The molecule has 0 saturated heterocycles. The Hall–Kier alpha value is -1.42. The molecule has 2 rings (SSSR count). The van der Waals surface area contributed by atoms with Crippen LogP contribution in [0.4, 0.5) is 0 Å². The summed E-state index contributed by atoms with van der Waals surface area (Å²) in [7, 11) is 0. The van der Waals surface area contributed by atoms with Gasteiger partial charge in [-0.15, -0.1) is 0 Å². The van der Waals surface area contributed by atoms with E-state index in [1.807, 2.05) is 13.8 Å². The van der Waals surface area contributed by atoms with Crippen LogP contribution in [0.5, 0.6) is 0 Å². The van der Waals surface area contributed by atoms with Gasteiger partial charge in [-0.1, -0.05) is 31.4 Å². The fourth-order valence-corrected chi connectivity index (χ4v) is 5.01. The number of Topliss-reactive ketones (excluding diaryl/α,β-unsaturated/α-hetero) is 1. The first kappa shape index (κ1) is 18.9. The summed E-state index contributed by atoms with van der Waals surface area (Å²) in [5.74, 6) is -0.569. The van der Waals surface area contributed by atoms with Gasteiger partial charge in [-0.25, -0.2) is 4.79 Å². The van der Waals surface area contributed by atoms with E-state index < -0.39 is 5.97 Å². The van der Waals surface area contributed by atoms with Gasteiger partial charge >= 0.3 is 5.97 Å². The molecule has 0 bridgehead atoms. The number of allylic oxidation sites excluding steroid dienone is 3. The zero-order valence-electron chi connectivity index (χ0n) is 15.3. The Labute approximate surface area is 144 Å². The molecule has 0 aromatic heterocycles. The van der Waals surface area contributed by atoms with Crippen LogP contribution in [-0.2, 0) is 9.59 Å². The number of hydrogen-bond acceptors (Lipinski definition) is 3. The first-order valence-corrected chi connectivity index (χ1v) is 8.88. The van der Waals surface area contributed by atoms with Gasteiger partial charge in [0.15, 0.2) is 5.78 Å². The van der Waals surface area contributed by atoms with Gasteiger partial charge in [0.1, 0.15) is 0 Å². The Kier molecular flexibility index (Phi) is 5.38. The zero-order valence-corrected chi connectivity index (χ0v) is 15.3. The third kappa shape index (κ3) is 3.34. The molecule has 0 unspecified atom stereocenters. The van der Waals surface area contributed by atoms with Gasteiger partial charge in [0.05, 0.1) is 0 Å². The molecule has 1 saturated carbocycles. The molecule has 0 aromatic carbocycles. The van der Waals surface area contributed by atoms with Crippen molar-refractivity contribution in [2.24, 2.45) is 16.7 Å². The van der Waals surface area contributed by atoms with Crippen molar-refractivity contribution in [1.82, 2.24) is 0 Å². The van der Waals surface area contributed by atoms with Crippen LogP contribution in [0.1, 0.15) is 66.2 Å². The zero-order chi connectivity index (χ0) is 18.1. The Morgan fingerprint density at radius 2 is 2.00 bits per heavy atom. The van der Waals surface area contributed by atoms with Crippen LogP contribution in [0.25, 0.3) is 0 Å². The van der Waals surface area contributed by atoms with E-state index in [1.165, 1.54) is 11.6 Å². The highest BCUT2D eigenvalue weighted by Gasteiger charge is 2.53. The van der Waals surface area contributed by atoms with Crippen LogP contribution < -0.4 is 0 Å². The van der Waals surface area contributed by atoms with Gasteiger partial charge < -0.3 is 10.2 Å². The number of fused-ring (bicyclic) bond motifs is 1. The van der Waals surface area contributed by atoms with Crippen LogP contribution in [0.2, 0.25) is 0 Å². The summed E-state index contributed by atoms with van der Waals surface area (Å²) in [6.07, 6.45) is 6.20. The predicted octanol–water partition coefficient (Wildman–Crippen LogP) is 3.89. The minimum absolute atomic E-state index is 0.0722. The maximum absolute atomic E-state index is 12.6. The minimum atomic E-state index is -0.924. The molecule has 1 fully saturated rings. The van der Waals surface area contributed by atoms with Crippen molar-refractivity contribution in [3.63, 3.8) is 0 Å². The molecule has 3 atom stereocenters. The molecule has 2 aliphatic rings. The van der Waals surface area contributed by atoms with E-state index in [0.717, 1.165) is 36.8 Å². The van der Waals surface area contributed by atoms with Gasteiger partial charge in [0.2, 0.25) is 0 Å². The summed E-state index contributed by atoms with van der Waals surface area (Å²) in [4.78, 5) is 23.4. The Balaban J connectivity index is 2.35. The van der Waals surface area contributed by atoms with Crippen molar-refractivity contribution < 1.29 is 19.8 Å². The maximum atomic E-state index is 12.6. The van der Waals surface area contributed by atoms with E-state index in [0.29, 0.717) is 12.8 Å². The second kappa shape index (κ2) is 6.83. The second-order valence-corrected chi connectivity index (χ2v) is 8.20. The summed E-state index contributed by atoms with van der Waals surface area (Å²) < 4.78 is 0. The molecule has 0 aliphatic heterocycles. The van der Waals surface area contributed by atoms with Crippen molar-refractivity contribution >= 4 is 11.8 Å². The standard InChI is InChI=1S/C20H30O4/c1-13(10-18(23)24)6-7-15-14(2)16(22)11-17-19(3,12-21)8-5-9-20(15,17)4/h10,17,21H,5-9,11-12H2,1-4H3,(H,23,24)/b13-10+/t17-,19-,20+/m0/s1. The molecule has 134 valence electrons. The van der Waals surface area contributed by atoms with Crippen molar-refractivity contribution in [2.45, 2.75) is 66.2 Å². The Morgan fingerprint density at radius 1 is 1.33 bits per heavy atom. The molecule has 4 heteroatoms. The molecule has 4 nitrogen and oxygen atoms in total. The molecule has 0 amide bonds. The third-order valence-corrected chi connectivity index (χ3v) is 6.50. The highest BCUT2D eigenvalue weighted by molar-refractivity contribution is 5.97. The summed E-state index contributed by atoms with van der Waals surface area (Å²) in [5.41, 5.74) is 2.58. The Morgan fingerprint density at radius 3 is 2.58 bits per heavy atom. The van der Waals surface area contributed by atoms with E-state index in [4.69, 9.17) is 5.11 Å². The molecule has 24 heavy (non-hydrogen) atoms. The highest BCUT2D eigenvalue weighted by atomic mass is 16.4. The first-order chi connectivity index (χ1) is 11.1. The van der Waals surface area contributed by atoms with E-state index >= 15 is 0 Å². The van der Waals surface area contributed by atoms with Crippen LogP contribution in [-0.4, -0.2) is 28.6 Å².